The van der Waals surface area contributed by atoms with Crippen molar-refractivity contribution < 1.29 is 9.84 Å². The van der Waals surface area contributed by atoms with Crippen LogP contribution in [0, 0.1) is 0 Å². The fraction of sp³-hybridized carbons (Fsp3) is 0.400. The van der Waals surface area contributed by atoms with Crippen molar-refractivity contribution in [2.45, 2.75) is 32.0 Å². The summed E-state index contributed by atoms with van der Waals surface area (Å²) in [6.07, 6.45) is 4.24. The molecule has 1 aliphatic heterocycles. The Balaban J connectivity index is 1.66. The molecule has 1 heterocycles. The molecule has 3 N–H and O–H groups in total. The Kier molecular flexibility index (Phi) is 6.01. The van der Waals surface area contributed by atoms with E-state index in [1.165, 1.54) is 5.69 Å². The van der Waals surface area contributed by atoms with Crippen LogP contribution < -0.4 is 20.3 Å². The number of benzene rings is 2. The maximum atomic E-state index is 8.91. The van der Waals surface area contributed by atoms with E-state index in [1.54, 1.807) is 7.11 Å². The molecule has 0 aromatic heterocycles. The molecule has 0 bridgehead atoms. The number of aliphatic hydroxyl groups is 1. The first kappa shape index (κ1) is 17.4. The molecule has 0 saturated carbocycles. The smallest absolute Gasteiger partial charge is 0.176 e. The highest BCUT2D eigenvalue weighted by Crippen LogP contribution is 2.34. The molecule has 0 spiro atoms. The number of ether oxygens (including phenoxy) is 1. The lowest BCUT2D eigenvalue weighted by Gasteiger charge is -2.28. The predicted octanol–water partition coefficient (Wildman–Crippen LogP) is 3.88. The summed E-state index contributed by atoms with van der Waals surface area (Å²) in [5, 5.41) is 16.0. The number of rotatable bonds is 9. The Labute approximate surface area is 149 Å². The van der Waals surface area contributed by atoms with Gasteiger partial charge in [-0.3, -0.25) is 0 Å². The van der Waals surface area contributed by atoms with Gasteiger partial charge in [-0.25, -0.2) is 0 Å². The van der Waals surface area contributed by atoms with E-state index in [4.69, 9.17) is 9.84 Å². The maximum Gasteiger partial charge on any atom is 0.176 e. The van der Waals surface area contributed by atoms with Crippen LogP contribution >= 0.6 is 0 Å². The minimum atomic E-state index is 0.0311. The lowest BCUT2D eigenvalue weighted by Crippen LogP contribution is -2.42. The maximum absolute atomic E-state index is 8.91. The standard InChI is InChI=1S/C20H27N3O2/c1-25-17-12-10-16(11-13-17)21-20-22-18-8-4-5-9-19(18)23(20)14-6-2-3-7-15-24/h4-5,8-13,20-22,24H,2-3,6-7,14-15H2,1H3. The molecule has 2 aromatic carbocycles. The highest BCUT2D eigenvalue weighted by atomic mass is 16.5. The van der Waals surface area contributed by atoms with Crippen molar-refractivity contribution in [3.63, 3.8) is 0 Å². The zero-order valence-electron chi connectivity index (χ0n) is 14.7. The zero-order chi connectivity index (χ0) is 17.5. The molecule has 0 aliphatic carbocycles. The summed E-state index contributed by atoms with van der Waals surface area (Å²) in [5.74, 6) is 0.856. The van der Waals surface area contributed by atoms with Crippen LogP contribution in [0.25, 0.3) is 0 Å². The molecule has 1 unspecified atom stereocenters. The number of unbranched alkanes of at least 4 members (excludes halogenated alkanes) is 3. The molecule has 1 aliphatic rings. The van der Waals surface area contributed by atoms with Crippen molar-refractivity contribution in [3.8, 4) is 5.75 Å². The van der Waals surface area contributed by atoms with Gasteiger partial charge in [-0.15, -0.1) is 0 Å². The molecular weight excluding hydrogens is 314 g/mol. The fourth-order valence-corrected chi connectivity index (χ4v) is 3.17. The van der Waals surface area contributed by atoms with Crippen LogP contribution in [0.2, 0.25) is 0 Å². The minimum Gasteiger partial charge on any atom is -0.497 e. The van der Waals surface area contributed by atoms with E-state index >= 15 is 0 Å². The first-order chi connectivity index (χ1) is 12.3. The molecule has 0 radical (unpaired) electrons. The third-order valence-corrected chi connectivity index (χ3v) is 4.52. The lowest BCUT2D eigenvalue weighted by molar-refractivity contribution is 0.282. The summed E-state index contributed by atoms with van der Waals surface area (Å²) in [6, 6.07) is 16.4. The summed E-state index contributed by atoms with van der Waals surface area (Å²) in [4.78, 5) is 2.37. The summed E-state index contributed by atoms with van der Waals surface area (Å²) >= 11 is 0. The first-order valence-corrected chi connectivity index (χ1v) is 8.95. The Hall–Kier alpha value is -2.40. The monoisotopic (exact) mass is 341 g/mol. The van der Waals surface area contributed by atoms with Crippen LogP contribution in [0.15, 0.2) is 48.5 Å². The Morgan fingerprint density at radius 3 is 2.56 bits per heavy atom. The van der Waals surface area contributed by atoms with Crippen molar-refractivity contribution in [2.75, 3.05) is 35.8 Å². The molecular formula is C20H27N3O2. The average Bonchev–Trinajstić information content (AvgIpc) is 2.99. The minimum absolute atomic E-state index is 0.0311. The molecule has 0 amide bonds. The van der Waals surface area contributed by atoms with E-state index in [2.05, 4.69) is 39.8 Å². The van der Waals surface area contributed by atoms with Gasteiger partial charge in [-0.1, -0.05) is 25.0 Å². The quantitative estimate of drug-likeness (QED) is 0.605. The van der Waals surface area contributed by atoms with Gasteiger partial charge in [-0.2, -0.15) is 0 Å². The van der Waals surface area contributed by atoms with Crippen LogP contribution in [-0.4, -0.2) is 31.7 Å². The van der Waals surface area contributed by atoms with Gasteiger partial charge in [0.15, 0.2) is 6.29 Å². The summed E-state index contributed by atoms with van der Waals surface area (Å²) in [5.41, 5.74) is 3.44. The topological polar surface area (TPSA) is 56.8 Å². The molecule has 1 atom stereocenters. The zero-order valence-corrected chi connectivity index (χ0v) is 14.7. The van der Waals surface area contributed by atoms with Gasteiger partial charge in [0.1, 0.15) is 5.75 Å². The molecule has 5 heteroatoms. The molecule has 2 aromatic rings. The van der Waals surface area contributed by atoms with Crippen molar-refractivity contribution in [2.24, 2.45) is 0 Å². The van der Waals surface area contributed by atoms with Crippen LogP contribution in [-0.2, 0) is 0 Å². The van der Waals surface area contributed by atoms with E-state index in [9.17, 15) is 0 Å². The molecule has 25 heavy (non-hydrogen) atoms. The van der Waals surface area contributed by atoms with E-state index in [0.29, 0.717) is 0 Å². The van der Waals surface area contributed by atoms with Crippen molar-refractivity contribution in [1.29, 1.82) is 0 Å². The molecule has 0 saturated heterocycles. The number of methoxy groups -OCH3 is 1. The molecule has 134 valence electrons. The van der Waals surface area contributed by atoms with Crippen LogP contribution in [0.1, 0.15) is 25.7 Å². The second-order valence-electron chi connectivity index (χ2n) is 6.27. The number of para-hydroxylation sites is 2. The number of hydrogen-bond acceptors (Lipinski definition) is 5. The molecule has 3 rings (SSSR count). The van der Waals surface area contributed by atoms with Crippen LogP contribution in [0.3, 0.4) is 0 Å². The average molecular weight is 341 g/mol. The third kappa shape index (κ3) is 4.37. The Bertz CT molecular complexity index is 660. The van der Waals surface area contributed by atoms with Gasteiger partial charge in [0.05, 0.1) is 18.5 Å². The Morgan fingerprint density at radius 2 is 1.80 bits per heavy atom. The highest BCUT2D eigenvalue weighted by Gasteiger charge is 2.27. The largest absolute Gasteiger partial charge is 0.497 e. The lowest BCUT2D eigenvalue weighted by atomic mass is 10.2. The Morgan fingerprint density at radius 1 is 1.04 bits per heavy atom. The van der Waals surface area contributed by atoms with Crippen molar-refractivity contribution in [3.05, 3.63) is 48.5 Å². The number of anilines is 3. The second kappa shape index (κ2) is 8.62. The predicted molar refractivity (Wildman–Crippen MR) is 103 cm³/mol. The van der Waals surface area contributed by atoms with Gasteiger partial charge in [0.2, 0.25) is 0 Å². The van der Waals surface area contributed by atoms with Crippen LogP contribution in [0.4, 0.5) is 17.1 Å². The SMILES string of the molecule is COc1ccc(NC2Nc3ccccc3N2CCCCCCO)cc1. The van der Waals surface area contributed by atoms with Crippen molar-refractivity contribution >= 4 is 17.1 Å². The van der Waals surface area contributed by atoms with E-state index in [-0.39, 0.29) is 12.9 Å². The van der Waals surface area contributed by atoms with E-state index in [1.807, 2.05) is 24.3 Å². The summed E-state index contributed by atoms with van der Waals surface area (Å²) in [7, 11) is 1.68. The molecule has 0 fully saturated rings. The first-order valence-electron chi connectivity index (χ1n) is 8.95. The van der Waals surface area contributed by atoms with Crippen LogP contribution in [0.5, 0.6) is 5.75 Å². The highest BCUT2D eigenvalue weighted by molar-refractivity contribution is 5.77. The fourth-order valence-electron chi connectivity index (χ4n) is 3.17. The van der Waals surface area contributed by atoms with E-state index < -0.39 is 0 Å². The van der Waals surface area contributed by atoms with E-state index in [0.717, 1.165) is 49.4 Å². The van der Waals surface area contributed by atoms with Gasteiger partial charge in [0, 0.05) is 18.8 Å². The number of nitrogens with one attached hydrogen (secondary N) is 2. The number of nitrogens with zero attached hydrogens (tertiary/aromatic N) is 1. The molecule has 5 nitrogen and oxygen atoms in total. The number of fused-ring (bicyclic) bond motifs is 1. The summed E-state index contributed by atoms with van der Waals surface area (Å²) < 4.78 is 5.22. The normalized spacial score (nSPS) is 15.6. The number of aliphatic hydroxyl groups excluding tert-OH is 1. The van der Waals surface area contributed by atoms with Gasteiger partial charge < -0.3 is 25.4 Å². The summed E-state index contributed by atoms with van der Waals surface area (Å²) in [6.45, 7) is 1.26. The van der Waals surface area contributed by atoms with Gasteiger partial charge in [0.25, 0.3) is 0 Å². The third-order valence-electron chi connectivity index (χ3n) is 4.52. The van der Waals surface area contributed by atoms with Crippen molar-refractivity contribution in [1.82, 2.24) is 0 Å². The number of hydrogen-bond donors (Lipinski definition) is 3. The van der Waals surface area contributed by atoms with Gasteiger partial charge >= 0.3 is 0 Å². The second-order valence-corrected chi connectivity index (χ2v) is 6.27. The van der Waals surface area contributed by atoms with Gasteiger partial charge in [-0.05, 0) is 49.2 Å².